The van der Waals surface area contributed by atoms with Crippen LogP contribution in [-0.4, -0.2) is 16.6 Å². The fourth-order valence-corrected chi connectivity index (χ4v) is 2.84. The normalized spacial score (nSPS) is 12.5. The molecule has 0 saturated carbocycles. The topological polar surface area (TPSA) is 85.1 Å². The Labute approximate surface area is 138 Å². The third kappa shape index (κ3) is 2.14. The van der Waals surface area contributed by atoms with Crippen molar-refractivity contribution >= 4 is 28.8 Å². The van der Waals surface area contributed by atoms with Gasteiger partial charge in [-0.15, -0.1) is 0 Å². The average Bonchev–Trinajstić information content (AvgIpc) is 2.62. The molecule has 24 heavy (non-hydrogen) atoms. The van der Waals surface area contributed by atoms with E-state index >= 15 is 0 Å². The summed E-state index contributed by atoms with van der Waals surface area (Å²) in [6.45, 7) is 0. The van der Waals surface area contributed by atoms with E-state index in [2.05, 4.69) is 10.3 Å². The van der Waals surface area contributed by atoms with Gasteiger partial charge in [0.25, 0.3) is 0 Å². The first-order chi connectivity index (χ1) is 11.6. The summed E-state index contributed by atoms with van der Waals surface area (Å²) < 4.78 is 0. The Bertz CT molecular complexity index is 995. The molecular weight excluding hydrogens is 302 g/mol. The fraction of sp³-hybridized carbons (Fsp3) is 0. The third-order valence-electron chi connectivity index (χ3n) is 4.03. The Kier molecular flexibility index (Phi) is 3.13. The zero-order valence-electron chi connectivity index (χ0n) is 12.6. The Hall–Kier alpha value is -3.47. The first-order valence-electron chi connectivity index (χ1n) is 7.45. The van der Waals surface area contributed by atoms with Gasteiger partial charge in [-0.25, -0.2) is 4.98 Å². The molecule has 1 aliphatic carbocycles. The number of aromatic nitrogens is 1. The maximum Gasteiger partial charge on any atom is 0.194 e. The molecule has 3 aromatic rings. The minimum atomic E-state index is -0.155. The van der Waals surface area contributed by atoms with Gasteiger partial charge in [-0.3, -0.25) is 9.59 Å². The second-order valence-corrected chi connectivity index (χ2v) is 5.53. The molecule has 3 N–H and O–H groups in total. The molecule has 1 aromatic heterocycles. The van der Waals surface area contributed by atoms with Crippen LogP contribution in [0.25, 0.3) is 0 Å². The molecule has 0 amide bonds. The zero-order chi connectivity index (χ0) is 16.7. The van der Waals surface area contributed by atoms with E-state index in [0.717, 1.165) is 0 Å². The van der Waals surface area contributed by atoms with Crippen molar-refractivity contribution in [2.75, 3.05) is 11.1 Å². The molecule has 0 saturated heterocycles. The number of nitrogens with zero attached hydrogens (tertiary/aromatic N) is 1. The lowest BCUT2D eigenvalue weighted by Crippen LogP contribution is -2.20. The highest BCUT2D eigenvalue weighted by atomic mass is 16.1. The summed E-state index contributed by atoms with van der Waals surface area (Å²) in [6, 6.07) is 15.4. The number of hydrogen-bond donors (Lipinski definition) is 2. The first-order valence-corrected chi connectivity index (χ1v) is 7.45. The number of fused-ring (bicyclic) bond motifs is 2. The summed E-state index contributed by atoms with van der Waals surface area (Å²) in [6.07, 6.45) is 1.63. The van der Waals surface area contributed by atoms with Gasteiger partial charge in [0.1, 0.15) is 0 Å². The largest absolute Gasteiger partial charge is 0.396 e. The van der Waals surface area contributed by atoms with Gasteiger partial charge in [-0.05, 0) is 30.3 Å². The number of nitrogens with one attached hydrogen (secondary N) is 1. The standard InChI is InChI=1S/C19H13N3O2/c20-16-6-3-9-21-19(16)22-11-7-8-14-15(10-11)18(24)13-5-2-1-4-12(13)17(14)23/h1-10H,20H2,(H,21,22). The molecule has 1 heterocycles. The predicted molar refractivity (Wildman–Crippen MR) is 91.7 cm³/mol. The summed E-state index contributed by atoms with van der Waals surface area (Å²) in [5, 5.41) is 3.08. The first kappa shape index (κ1) is 14.1. The Balaban J connectivity index is 1.77. The van der Waals surface area contributed by atoms with Gasteiger partial charge in [0.15, 0.2) is 17.4 Å². The molecule has 5 nitrogen and oxygen atoms in total. The Morgan fingerprint density at radius 2 is 1.46 bits per heavy atom. The van der Waals surface area contributed by atoms with E-state index in [1.165, 1.54) is 0 Å². The van der Waals surface area contributed by atoms with Crippen LogP contribution in [0.5, 0.6) is 0 Å². The molecule has 0 bridgehead atoms. The van der Waals surface area contributed by atoms with Gasteiger partial charge in [-0.2, -0.15) is 0 Å². The van der Waals surface area contributed by atoms with E-state index < -0.39 is 0 Å². The molecule has 0 fully saturated rings. The number of benzene rings is 2. The van der Waals surface area contributed by atoms with Crippen molar-refractivity contribution in [3.63, 3.8) is 0 Å². The van der Waals surface area contributed by atoms with Crippen molar-refractivity contribution in [3.05, 3.63) is 83.0 Å². The van der Waals surface area contributed by atoms with Crippen molar-refractivity contribution in [2.24, 2.45) is 0 Å². The van der Waals surface area contributed by atoms with Crippen LogP contribution in [0.15, 0.2) is 60.8 Å². The van der Waals surface area contributed by atoms with E-state index in [0.29, 0.717) is 39.4 Å². The van der Waals surface area contributed by atoms with Gasteiger partial charge in [0.2, 0.25) is 0 Å². The van der Waals surface area contributed by atoms with Crippen LogP contribution in [-0.2, 0) is 0 Å². The third-order valence-corrected chi connectivity index (χ3v) is 4.03. The van der Waals surface area contributed by atoms with Gasteiger partial charge in [-0.1, -0.05) is 24.3 Å². The summed E-state index contributed by atoms with van der Waals surface area (Å²) in [5.41, 5.74) is 8.71. The van der Waals surface area contributed by atoms with Crippen molar-refractivity contribution in [3.8, 4) is 0 Å². The molecule has 1 aliphatic rings. The van der Waals surface area contributed by atoms with E-state index in [4.69, 9.17) is 5.73 Å². The van der Waals surface area contributed by atoms with Gasteiger partial charge in [0.05, 0.1) is 5.69 Å². The van der Waals surface area contributed by atoms with Crippen molar-refractivity contribution < 1.29 is 9.59 Å². The molecule has 0 aliphatic heterocycles. The van der Waals surface area contributed by atoms with Gasteiger partial charge >= 0.3 is 0 Å². The lowest BCUT2D eigenvalue weighted by atomic mass is 9.84. The monoisotopic (exact) mass is 315 g/mol. The Morgan fingerprint density at radius 1 is 0.792 bits per heavy atom. The maximum absolute atomic E-state index is 12.7. The number of rotatable bonds is 2. The fourth-order valence-electron chi connectivity index (χ4n) is 2.84. The van der Waals surface area contributed by atoms with E-state index in [9.17, 15) is 9.59 Å². The van der Waals surface area contributed by atoms with Crippen LogP contribution in [0.1, 0.15) is 31.8 Å². The average molecular weight is 315 g/mol. The second kappa shape index (κ2) is 5.31. The minimum Gasteiger partial charge on any atom is -0.396 e. The second-order valence-electron chi connectivity index (χ2n) is 5.53. The quantitative estimate of drug-likeness (QED) is 0.593. The predicted octanol–water partition coefficient (Wildman–Crippen LogP) is 3.18. The number of anilines is 3. The lowest BCUT2D eigenvalue weighted by Gasteiger charge is -2.18. The summed E-state index contributed by atoms with van der Waals surface area (Å²) in [4.78, 5) is 29.4. The van der Waals surface area contributed by atoms with Crippen LogP contribution in [0.3, 0.4) is 0 Å². The van der Waals surface area contributed by atoms with E-state index in [1.807, 2.05) is 0 Å². The lowest BCUT2D eigenvalue weighted by molar-refractivity contribution is 0.0979. The van der Waals surface area contributed by atoms with Crippen molar-refractivity contribution in [2.45, 2.75) is 0 Å². The van der Waals surface area contributed by atoms with Crippen LogP contribution in [0.4, 0.5) is 17.2 Å². The highest BCUT2D eigenvalue weighted by Crippen LogP contribution is 2.30. The highest BCUT2D eigenvalue weighted by molar-refractivity contribution is 6.28. The minimum absolute atomic E-state index is 0.135. The number of pyridine rings is 1. The maximum atomic E-state index is 12.7. The number of hydrogen-bond acceptors (Lipinski definition) is 5. The van der Waals surface area contributed by atoms with Crippen LogP contribution in [0, 0.1) is 0 Å². The van der Waals surface area contributed by atoms with Crippen molar-refractivity contribution in [1.82, 2.24) is 4.98 Å². The van der Waals surface area contributed by atoms with E-state index in [-0.39, 0.29) is 11.6 Å². The smallest absolute Gasteiger partial charge is 0.194 e. The number of nitrogen functional groups attached to an aromatic ring is 1. The molecule has 2 aromatic carbocycles. The summed E-state index contributed by atoms with van der Waals surface area (Å²) in [5.74, 6) is 0.217. The van der Waals surface area contributed by atoms with Gasteiger partial charge < -0.3 is 11.1 Å². The SMILES string of the molecule is Nc1cccnc1Nc1ccc2c(c1)C(=O)c1ccccc1C2=O. The summed E-state index contributed by atoms with van der Waals surface area (Å²) in [7, 11) is 0. The molecular formula is C19H13N3O2. The van der Waals surface area contributed by atoms with Crippen molar-refractivity contribution in [1.29, 1.82) is 0 Å². The van der Waals surface area contributed by atoms with Crippen LogP contribution < -0.4 is 11.1 Å². The molecule has 0 unspecified atom stereocenters. The number of nitrogens with two attached hydrogens (primary N) is 1. The van der Waals surface area contributed by atoms with E-state index in [1.54, 1.807) is 60.8 Å². The number of carbonyl (C=O) groups is 2. The zero-order valence-corrected chi connectivity index (χ0v) is 12.6. The number of carbonyl (C=O) groups excluding carboxylic acids is 2. The van der Waals surface area contributed by atoms with Gasteiger partial charge in [0, 0.05) is 34.1 Å². The van der Waals surface area contributed by atoms with Crippen LogP contribution in [0.2, 0.25) is 0 Å². The summed E-state index contributed by atoms with van der Waals surface area (Å²) >= 11 is 0. The molecule has 5 heteroatoms. The highest BCUT2D eigenvalue weighted by Gasteiger charge is 2.29. The van der Waals surface area contributed by atoms with Crippen LogP contribution >= 0.6 is 0 Å². The molecule has 0 atom stereocenters. The Morgan fingerprint density at radius 3 is 2.17 bits per heavy atom. The molecule has 4 rings (SSSR count). The molecule has 116 valence electrons. The molecule has 0 spiro atoms. The number of ketones is 2. The molecule has 0 radical (unpaired) electrons.